The Kier molecular flexibility index (Phi) is 9.28. The summed E-state index contributed by atoms with van der Waals surface area (Å²) < 4.78 is 10.7. The number of likely N-dealkylation sites (tertiary alicyclic amines) is 1. The van der Waals surface area contributed by atoms with Gasteiger partial charge in [0.1, 0.15) is 18.1 Å². The summed E-state index contributed by atoms with van der Waals surface area (Å²) in [5.41, 5.74) is -0.0572. The van der Waals surface area contributed by atoms with Crippen LogP contribution in [0.5, 0.6) is 0 Å². The van der Waals surface area contributed by atoms with Gasteiger partial charge in [0.05, 0.1) is 17.1 Å². The van der Waals surface area contributed by atoms with Gasteiger partial charge in [0, 0.05) is 24.6 Å². The minimum atomic E-state index is -0.935. The van der Waals surface area contributed by atoms with Crippen LogP contribution in [0.15, 0.2) is 18.2 Å². The first-order chi connectivity index (χ1) is 19.3. The molecule has 0 radical (unpaired) electrons. The normalized spacial score (nSPS) is 26.0. The third-order valence-electron chi connectivity index (χ3n) is 7.94. The van der Waals surface area contributed by atoms with E-state index in [9.17, 15) is 24.0 Å². The number of nitrogens with one attached hydrogen (secondary N) is 3. The van der Waals surface area contributed by atoms with Crippen molar-refractivity contribution in [3.05, 3.63) is 28.8 Å². The number of carbonyl (C=O) groups is 5. The van der Waals surface area contributed by atoms with Crippen molar-refractivity contribution >= 4 is 46.9 Å². The van der Waals surface area contributed by atoms with Crippen molar-refractivity contribution in [2.45, 2.75) is 97.2 Å². The first kappa shape index (κ1) is 30.8. The van der Waals surface area contributed by atoms with Crippen molar-refractivity contribution in [3.63, 3.8) is 0 Å². The fourth-order valence-corrected chi connectivity index (χ4v) is 6.12. The number of halogens is 1. The maximum atomic E-state index is 14.1. The van der Waals surface area contributed by atoms with Crippen LogP contribution in [0.2, 0.25) is 5.02 Å². The average molecular weight is 591 g/mol. The van der Waals surface area contributed by atoms with E-state index in [0.717, 1.165) is 12.8 Å². The highest BCUT2D eigenvalue weighted by atomic mass is 35.5. The Labute approximate surface area is 245 Å². The molecular weight excluding hydrogens is 552 g/mol. The molecule has 2 aliphatic heterocycles. The molecule has 0 aromatic heterocycles. The second-order valence-electron chi connectivity index (χ2n) is 11.9. The van der Waals surface area contributed by atoms with Gasteiger partial charge in [0.2, 0.25) is 24.0 Å². The smallest absolute Gasteiger partial charge is 0.310 e. The zero-order valence-electron chi connectivity index (χ0n) is 24.1. The number of amides is 4. The molecule has 1 aromatic rings. The van der Waals surface area contributed by atoms with Crippen LogP contribution in [0, 0.1) is 11.3 Å². The molecule has 0 spiro atoms. The molecule has 2 saturated heterocycles. The molecule has 11 nitrogen and oxygen atoms in total. The summed E-state index contributed by atoms with van der Waals surface area (Å²) in [6.07, 6.45) is 1.70. The maximum Gasteiger partial charge on any atom is 0.310 e. The molecule has 3 N–H and O–H groups in total. The Morgan fingerprint density at radius 2 is 1.90 bits per heavy atom. The minimum Gasteiger partial charge on any atom is -0.433 e. The zero-order chi connectivity index (χ0) is 30.1. The number of hydrogen-bond donors (Lipinski definition) is 3. The van der Waals surface area contributed by atoms with Crippen LogP contribution >= 0.6 is 11.6 Å². The van der Waals surface area contributed by atoms with Gasteiger partial charge in [-0.1, -0.05) is 39.3 Å². The van der Waals surface area contributed by atoms with Gasteiger partial charge in [0.25, 0.3) is 5.91 Å². The highest BCUT2D eigenvalue weighted by Gasteiger charge is 2.54. The third kappa shape index (κ3) is 6.67. The van der Waals surface area contributed by atoms with E-state index in [1.54, 1.807) is 24.8 Å². The molecule has 2 heterocycles. The van der Waals surface area contributed by atoms with Crippen LogP contribution in [0.1, 0.15) is 77.1 Å². The van der Waals surface area contributed by atoms with E-state index in [0.29, 0.717) is 18.7 Å². The van der Waals surface area contributed by atoms with E-state index in [1.165, 1.54) is 12.1 Å². The second kappa shape index (κ2) is 12.4. The van der Waals surface area contributed by atoms with Crippen LogP contribution in [0.3, 0.4) is 0 Å². The number of rotatable bonds is 9. The summed E-state index contributed by atoms with van der Waals surface area (Å²) in [5, 5.41) is 8.65. The van der Waals surface area contributed by atoms with Crippen LogP contribution in [-0.4, -0.2) is 71.6 Å². The van der Waals surface area contributed by atoms with Crippen LogP contribution < -0.4 is 16.0 Å². The third-order valence-corrected chi connectivity index (χ3v) is 8.26. The van der Waals surface area contributed by atoms with E-state index in [4.69, 9.17) is 21.1 Å². The average Bonchev–Trinajstić information content (AvgIpc) is 3.62. The van der Waals surface area contributed by atoms with Gasteiger partial charge in [-0.3, -0.25) is 24.0 Å². The summed E-state index contributed by atoms with van der Waals surface area (Å²) in [6.45, 7) is 9.36. The van der Waals surface area contributed by atoms with E-state index in [1.807, 2.05) is 20.8 Å². The number of fused-ring (bicyclic) bond motifs is 2. The first-order valence-electron chi connectivity index (χ1n) is 14.2. The molecular formula is C29H39ClN4O7. The molecule has 1 saturated carbocycles. The molecule has 41 heavy (non-hydrogen) atoms. The summed E-state index contributed by atoms with van der Waals surface area (Å²) in [4.78, 5) is 66.3. The number of cyclic esters (lactones) is 1. The minimum absolute atomic E-state index is 0.00465. The number of anilines is 1. The predicted octanol–water partition coefficient (Wildman–Crippen LogP) is 3.01. The molecule has 224 valence electrons. The molecule has 1 aliphatic carbocycles. The Hall–Kier alpha value is -3.18. The van der Waals surface area contributed by atoms with Gasteiger partial charge >= 0.3 is 5.97 Å². The van der Waals surface area contributed by atoms with Crippen LogP contribution in [0.25, 0.3) is 0 Å². The lowest BCUT2D eigenvalue weighted by molar-refractivity contribution is -0.165. The van der Waals surface area contributed by atoms with Crippen molar-refractivity contribution in [3.8, 4) is 0 Å². The lowest BCUT2D eigenvalue weighted by Gasteiger charge is -2.40. The largest absolute Gasteiger partial charge is 0.433 e. The summed E-state index contributed by atoms with van der Waals surface area (Å²) in [6, 6.07) is 2.10. The van der Waals surface area contributed by atoms with Gasteiger partial charge in [-0.2, -0.15) is 0 Å². The Morgan fingerprint density at radius 3 is 2.54 bits per heavy atom. The van der Waals surface area contributed by atoms with Crippen molar-refractivity contribution in [1.82, 2.24) is 15.5 Å². The van der Waals surface area contributed by atoms with Crippen LogP contribution in [-0.2, 0) is 28.7 Å². The van der Waals surface area contributed by atoms with Crippen molar-refractivity contribution in [2.24, 2.45) is 11.3 Å². The second-order valence-corrected chi connectivity index (χ2v) is 12.3. The van der Waals surface area contributed by atoms with Gasteiger partial charge in [0.15, 0.2) is 0 Å². The Bertz CT molecular complexity index is 1220. The molecule has 12 heteroatoms. The standard InChI is InChI=1S/C29H39ClN4O7/c1-6-21(35)31-19-11-9-16(13-18(19)30)25(37)33-24(29(3,4)5)27(39)34-17-10-8-15(12-17)23(34)26(38)32-20-14-22(36)41-28(20)40-7-2/h9,11,13,15,17,20,23-24,28H,6-8,10,12,14H2,1-5H3,(H,31,35)(H,32,38)(H,33,37)/t15-,17+,20-,23+,24-,28-/m1/s1. The van der Waals surface area contributed by atoms with Gasteiger partial charge in [-0.25, -0.2) is 0 Å². The maximum absolute atomic E-state index is 14.1. The first-order valence-corrected chi connectivity index (χ1v) is 14.6. The Balaban J connectivity index is 1.52. The fraction of sp³-hybridized carbons (Fsp3) is 0.621. The fourth-order valence-electron chi connectivity index (χ4n) is 5.89. The number of benzene rings is 1. The molecule has 2 bridgehead atoms. The highest BCUT2D eigenvalue weighted by molar-refractivity contribution is 6.34. The van der Waals surface area contributed by atoms with E-state index < -0.39 is 41.7 Å². The Morgan fingerprint density at radius 1 is 1.17 bits per heavy atom. The van der Waals surface area contributed by atoms with Gasteiger partial charge in [-0.15, -0.1) is 0 Å². The topological polar surface area (TPSA) is 143 Å². The zero-order valence-corrected chi connectivity index (χ0v) is 24.9. The lowest BCUT2D eigenvalue weighted by atomic mass is 9.84. The molecule has 6 atom stereocenters. The number of hydrogen-bond acceptors (Lipinski definition) is 7. The van der Waals surface area contributed by atoms with E-state index >= 15 is 0 Å². The van der Waals surface area contributed by atoms with E-state index in [2.05, 4.69) is 16.0 Å². The van der Waals surface area contributed by atoms with E-state index in [-0.39, 0.29) is 53.1 Å². The lowest BCUT2D eigenvalue weighted by Crippen LogP contribution is -2.62. The number of carbonyl (C=O) groups excluding carboxylic acids is 5. The van der Waals surface area contributed by atoms with Gasteiger partial charge in [-0.05, 0) is 55.7 Å². The highest BCUT2D eigenvalue weighted by Crippen LogP contribution is 2.44. The summed E-state index contributed by atoms with van der Waals surface area (Å²) >= 11 is 6.32. The molecule has 4 rings (SSSR count). The SMILES string of the molecule is CCO[C@@H]1OC(=O)C[C@H]1NC(=O)[C@@H]1[C@@H]2CC[C@@H](C2)N1C(=O)[C@@H](NC(=O)c1ccc(NC(=O)CC)c(Cl)c1)C(C)(C)C. The molecule has 3 fully saturated rings. The summed E-state index contributed by atoms with van der Waals surface area (Å²) in [7, 11) is 0. The molecule has 4 amide bonds. The number of esters is 1. The number of ether oxygens (including phenoxy) is 2. The van der Waals surface area contributed by atoms with Gasteiger partial charge < -0.3 is 30.3 Å². The number of nitrogens with zero attached hydrogens (tertiary/aromatic N) is 1. The molecule has 0 unspecified atom stereocenters. The number of piperidine rings is 1. The molecule has 1 aromatic carbocycles. The van der Waals surface area contributed by atoms with Crippen molar-refractivity contribution in [1.29, 1.82) is 0 Å². The monoisotopic (exact) mass is 590 g/mol. The summed E-state index contributed by atoms with van der Waals surface area (Å²) in [5.74, 6) is -1.87. The predicted molar refractivity (Wildman–Crippen MR) is 151 cm³/mol. The van der Waals surface area contributed by atoms with Crippen molar-refractivity contribution < 1.29 is 33.4 Å². The quantitative estimate of drug-likeness (QED) is 0.375. The molecule has 3 aliphatic rings. The van der Waals surface area contributed by atoms with Crippen LogP contribution in [0.4, 0.5) is 5.69 Å². The van der Waals surface area contributed by atoms with Crippen molar-refractivity contribution in [2.75, 3.05) is 11.9 Å².